The number of para-hydroxylation sites is 2. The highest BCUT2D eigenvalue weighted by Gasteiger charge is 2.42. The molecule has 0 N–H and O–H groups in total. The Morgan fingerprint density at radius 1 is 0.718 bits per heavy atom. The van der Waals surface area contributed by atoms with Crippen molar-refractivity contribution in [3.63, 3.8) is 0 Å². The monoisotopic (exact) mass is 511 g/mol. The molecule has 6 rings (SSSR count). The van der Waals surface area contributed by atoms with E-state index in [0.29, 0.717) is 0 Å². The molecule has 2 nitrogen and oxygen atoms in total. The van der Waals surface area contributed by atoms with E-state index in [-0.39, 0.29) is 10.8 Å². The van der Waals surface area contributed by atoms with E-state index in [9.17, 15) is 0 Å². The summed E-state index contributed by atoms with van der Waals surface area (Å²) in [4.78, 5) is 2.36. The fourth-order valence-corrected chi connectivity index (χ4v) is 7.00. The van der Waals surface area contributed by atoms with Crippen LogP contribution in [0.25, 0.3) is 5.57 Å². The smallest absolute Gasteiger partial charge is 0.209 e. The van der Waals surface area contributed by atoms with Crippen molar-refractivity contribution < 1.29 is 4.58 Å². The van der Waals surface area contributed by atoms with Gasteiger partial charge in [0.05, 0.1) is 5.41 Å². The molecule has 3 aliphatic rings. The molecule has 0 aromatic heterocycles. The Morgan fingerprint density at radius 2 is 1.38 bits per heavy atom. The summed E-state index contributed by atoms with van der Waals surface area (Å²) >= 11 is 0. The molecule has 2 heteroatoms. The van der Waals surface area contributed by atoms with Crippen LogP contribution in [-0.4, -0.2) is 24.4 Å². The molecule has 0 saturated heterocycles. The molecule has 3 aromatic rings. The minimum atomic E-state index is -0.0232. The van der Waals surface area contributed by atoms with E-state index < -0.39 is 0 Å². The zero-order chi connectivity index (χ0) is 27.4. The number of hydrogen-bond donors (Lipinski definition) is 0. The third kappa shape index (κ3) is 4.05. The van der Waals surface area contributed by atoms with Gasteiger partial charge in [0.15, 0.2) is 5.71 Å². The highest BCUT2D eigenvalue weighted by atomic mass is 15.2. The normalized spacial score (nSPS) is 21.5. The molecular formula is C37H39N2+. The highest BCUT2D eigenvalue weighted by molar-refractivity contribution is 6.03. The van der Waals surface area contributed by atoms with Gasteiger partial charge in [-0.1, -0.05) is 92.7 Å². The molecule has 2 heterocycles. The number of rotatable bonds is 4. The topological polar surface area (TPSA) is 6.25 Å². The zero-order valence-electron chi connectivity index (χ0n) is 24.1. The van der Waals surface area contributed by atoms with Crippen molar-refractivity contribution in [3.8, 4) is 0 Å². The average molecular weight is 512 g/mol. The number of allylic oxidation sites excluding steroid dienone is 8. The Labute approximate surface area is 234 Å². The van der Waals surface area contributed by atoms with Crippen molar-refractivity contribution in [3.05, 3.63) is 137 Å². The molecule has 0 amide bonds. The molecule has 196 valence electrons. The van der Waals surface area contributed by atoms with Crippen LogP contribution in [0.5, 0.6) is 0 Å². The van der Waals surface area contributed by atoms with E-state index in [1.165, 1.54) is 56.2 Å². The van der Waals surface area contributed by atoms with Crippen molar-refractivity contribution in [2.75, 3.05) is 19.0 Å². The van der Waals surface area contributed by atoms with Gasteiger partial charge in [0.1, 0.15) is 7.05 Å². The van der Waals surface area contributed by atoms with Gasteiger partial charge in [-0.05, 0) is 66.7 Å². The van der Waals surface area contributed by atoms with Crippen LogP contribution >= 0.6 is 0 Å². The van der Waals surface area contributed by atoms with Gasteiger partial charge in [-0.15, -0.1) is 0 Å². The van der Waals surface area contributed by atoms with Crippen LogP contribution < -0.4 is 4.90 Å². The number of anilines is 1. The standard InChI is InChI=1S/C37H39N2/c1-36(2)29-16-10-12-18-31(29)38(5)33(36)24-22-27-20-21-28(35(27)26-14-8-7-9-15-26)23-25-34-37(3,4)30-17-11-13-19-32(30)39(34)6/h7-19,22-25H,20-21H2,1-6H3/q+1. The predicted molar refractivity (Wildman–Crippen MR) is 166 cm³/mol. The summed E-state index contributed by atoms with van der Waals surface area (Å²) in [6.07, 6.45) is 11.6. The van der Waals surface area contributed by atoms with Gasteiger partial charge in [-0.25, -0.2) is 0 Å². The lowest BCUT2D eigenvalue weighted by atomic mass is 9.81. The molecule has 3 aromatic carbocycles. The van der Waals surface area contributed by atoms with Gasteiger partial charge in [0, 0.05) is 41.6 Å². The molecule has 0 fully saturated rings. The van der Waals surface area contributed by atoms with E-state index >= 15 is 0 Å². The predicted octanol–water partition coefficient (Wildman–Crippen LogP) is 8.73. The lowest BCUT2D eigenvalue weighted by Crippen LogP contribution is -2.26. The first-order valence-electron chi connectivity index (χ1n) is 14.1. The van der Waals surface area contributed by atoms with Gasteiger partial charge in [0.2, 0.25) is 5.69 Å². The summed E-state index contributed by atoms with van der Waals surface area (Å²) in [5.41, 5.74) is 13.6. The summed E-state index contributed by atoms with van der Waals surface area (Å²) in [5.74, 6) is 0. The second-order valence-electron chi connectivity index (χ2n) is 12.1. The molecule has 0 radical (unpaired) electrons. The molecule has 0 saturated carbocycles. The number of fused-ring (bicyclic) bond motifs is 2. The Balaban J connectivity index is 1.41. The maximum atomic E-state index is 2.39. The summed E-state index contributed by atoms with van der Waals surface area (Å²) in [7, 11) is 4.40. The fourth-order valence-electron chi connectivity index (χ4n) is 7.00. The Morgan fingerprint density at radius 3 is 2.10 bits per heavy atom. The summed E-state index contributed by atoms with van der Waals surface area (Å²) < 4.78 is 2.36. The molecule has 0 unspecified atom stereocenters. The van der Waals surface area contributed by atoms with Crippen molar-refractivity contribution >= 4 is 22.7 Å². The van der Waals surface area contributed by atoms with Gasteiger partial charge in [-0.2, -0.15) is 4.58 Å². The minimum absolute atomic E-state index is 0.0232. The SMILES string of the molecule is CN1/C(=C\C=C2\CCC(/C=C\C3=[N+](C)c4ccccc4C3(C)C)=C2c2ccccc2)C(C)(C)c2ccccc21. The fraction of sp³-hybridized carbons (Fsp3) is 0.270. The molecule has 0 bridgehead atoms. The number of benzene rings is 3. The average Bonchev–Trinajstić information content (AvgIpc) is 3.49. The van der Waals surface area contributed by atoms with Crippen molar-refractivity contribution in [1.82, 2.24) is 0 Å². The van der Waals surface area contributed by atoms with Crippen LogP contribution in [0.1, 0.15) is 57.2 Å². The Kier molecular flexibility index (Phi) is 6.10. The molecular weight excluding hydrogens is 472 g/mol. The first-order valence-corrected chi connectivity index (χ1v) is 14.1. The zero-order valence-corrected chi connectivity index (χ0v) is 24.1. The summed E-state index contributed by atoms with van der Waals surface area (Å²) in [6, 6.07) is 28.5. The van der Waals surface area contributed by atoms with E-state index in [0.717, 1.165) is 12.8 Å². The molecule has 0 spiro atoms. The number of likely N-dealkylation sites (N-methyl/N-ethyl adjacent to an activating group) is 1. The van der Waals surface area contributed by atoms with Crippen molar-refractivity contribution in [1.29, 1.82) is 0 Å². The van der Waals surface area contributed by atoms with E-state index in [1.54, 1.807) is 0 Å². The summed E-state index contributed by atoms with van der Waals surface area (Å²) in [6.45, 7) is 9.36. The minimum Gasteiger partial charge on any atom is -0.347 e. The third-order valence-electron chi connectivity index (χ3n) is 9.13. The largest absolute Gasteiger partial charge is 0.347 e. The second-order valence-corrected chi connectivity index (χ2v) is 12.1. The molecule has 2 aliphatic heterocycles. The van der Waals surface area contributed by atoms with Gasteiger partial charge >= 0.3 is 0 Å². The maximum Gasteiger partial charge on any atom is 0.209 e. The van der Waals surface area contributed by atoms with Crippen LogP contribution in [0.15, 0.2) is 120 Å². The van der Waals surface area contributed by atoms with Crippen molar-refractivity contribution in [2.45, 2.75) is 51.4 Å². The Bertz CT molecular complexity index is 1610. The van der Waals surface area contributed by atoms with E-state index in [1.807, 2.05) is 0 Å². The third-order valence-corrected chi connectivity index (χ3v) is 9.13. The van der Waals surface area contributed by atoms with E-state index in [2.05, 4.69) is 154 Å². The molecule has 0 atom stereocenters. The quantitative estimate of drug-likeness (QED) is 0.317. The van der Waals surface area contributed by atoms with Crippen molar-refractivity contribution in [2.24, 2.45) is 0 Å². The van der Waals surface area contributed by atoms with Crippen LogP contribution in [-0.2, 0) is 10.8 Å². The molecule has 39 heavy (non-hydrogen) atoms. The first kappa shape index (κ1) is 25.4. The number of hydrogen-bond acceptors (Lipinski definition) is 1. The molecule has 1 aliphatic carbocycles. The first-order chi connectivity index (χ1) is 18.7. The van der Waals surface area contributed by atoms with Crippen LogP contribution in [0, 0.1) is 0 Å². The Hall–Kier alpha value is -3.91. The lowest BCUT2D eigenvalue weighted by molar-refractivity contribution is -0.401. The maximum absolute atomic E-state index is 2.39. The number of nitrogens with zero attached hydrogens (tertiary/aromatic N) is 2. The second kappa shape index (κ2) is 9.38. The van der Waals surface area contributed by atoms with E-state index in [4.69, 9.17) is 0 Å². The van der Waals surface area contributed by atoms with Gasteiger partial charge in [-0.3, -0.25) is 0 Å². The van der Waals surface area contributed by atoms with Gasteiger partial charge < -0.3 is 4.90 Å². The highest BCUT2D eigenvalue weighted by Crippen LogP contribution is 2.47. The van der Waals surface area contributed by atoms with Gasteiger partial charge in [0.25, 0.3) is 0 Å². The van der Waals surface area contributed by atoms with Crippen LogP contribution in [0.3, 0.4) is 0 Å². The summed E-state index contributed by atoms with van der Waals surface area (Å²) in [5, 5.41) is 0. The van der Waals surface area contributed by atoms with Crippen LogP contribution in [0.2, 0.25) is 0 Å². The lowest BCUT2D eigenvalue weighted by Gasteiger charge is -2.24. The van der Waals surface area contributed by atoms with Crippen LogP contribution in [0.4, 0.5) is 11.4 Å².